The number of nitrogens with zero attached hydrogens (tertiary/aromatic N) is 2. The Kier molecular flexibility index (Phi) is 7.45. The first-order valence-corrected chi connectivity index (χ1v) is 13.8. The van der Waals surface area contributed by atoms with Crippen LogP contribution in [0.5, 0.6) is 0 Å². The molecule has 0 amide bonds. The van der Waals surface area contributed by atoms with Crippen molar-refractivity contribution in [3.05, 3.63) is 18.0 Å². The second kappa shape index (κ2) is 9.80. The van der Waals surface area contributed by atoms with Gasteiger partial charge in [-0.05, 0) is 110 Å². The second-order valence-corrected chi connectivity index (χ2v) is 12.6. The van der Waals surface area contributed by atoms with Crippen LogP contribution in [0.2, 0.25) is 0 Å². The van der Waals surface area contributed by atoms with Gasteiger partial charge < -0.3 is 4.74 Å². The molecule has 3 heteroatoms. The van der Waals surface area contributed by atoms with E-state index < -0.39 is 0 Å². The molecule has 3 nitrogen and oxygen atoms in total. The minimum atomic E-state index is 0.493. The summed E-state index contributed by atoms with van der Waals surface area (Å²) in [6.45, 7) is 14.2. The summed E-state index contributed by atoms with van der Waals surface area (Å²) >= 11 is 0. The zero-order chi connectivity index (χ0) is 22.9. The Morgan fingerprint density at radius 2 is 1.88 bits per heavy atom. The minimum Gasteiger partial charge on any atom is -0.385 e. The second-order valence-electron chi connectivity index (χ2n) is 12.6. The Morgan fingerprint density at radius 1 is 1.09 bits per heavy atom. The molecule has 0 saturated heterocycles. The Hall–Kier alpha value is -0.830. The number of hydrogen-bond donors (Lipinski definition) is 0. The number of rotatable bonds is 9. The zero-order valence-corrected chi connectivity index (χ0v) is 21.9. The maximum Gasteiger partial charge on any atom is 0.0524 e. The van der Waals surface area contributed by atoms with Crippen LogP contribution in [0, 0.1) is 40.4 Å². The summed E-state index contributed by atoms with van der Waals surface area (Å²) in [5, 5.41) is 4.67. The third-order valence-electron chi connectivity index (χ3n) is 10.7. The number of hydrogen-bond acceptors (Lipinski definition) is 2. The lowest BCUT2D eigenvalue weighted by atomic mass is 9.47. The van der Waals surface area contributed by atoms with Gasteiger partial charge in [-0.2, -0.15) is 5.10 Å². The van der Waals surface area contributed by atoms with Gasteiger partial charge in [0.1, 0.15) is 0 Å². The summed E-state index contributed by atoms with van der Waals surface area (Å²) in [7, 11) is 1.88. The van der Waals surface area contributed by atoms with Gasteiger partial charge >= 0.3 is 0 Å². The first-order valence-electron chi connectivity index (χ1n) is 13.8. The summed E-state index contributed by atoms with van der Waals surface area (Å²) < 4.78 is 7.76. The lowest BCUT2D eigenvalue weighted by molar-refractivity contribution is -0.0908. The molecule has 0 aromatic carbocycles. The molecule has 3 saturated carbocycles. The average Bonchev–Trinajstić information content (AvgIpc) is 3.37. The molecule has 0 N–H and O–H groups in total. The van der Waals surface area contributed by atoms with Gasteiger partial charge in [0.15, 0.2) is 0 Å². The Balaban J connectivity index is 1.44. The van der Waals surface area contributed by atoms with Crippen molar-refractivity contribution < 1.29 is 4.74 Å². The fraction of sp³-hybridized carbons (Fsp3) is 0.897. The fourth-order valence-electron chi connectivity index (χ4n) is 8.62. The number of aryl methyl sites for hydroxylation is 1. The highest BCUT2D eigenvalue weighted by molar-refractivity contribution is 5.09. The number of methoxy groups -OCH3 is 1. The van der Waals surface area contributed by atoms with Crippen LogP contribution >= 0.6 is 0 Å². The van der Waals surface area contributed by atoms with E-state index >= 15 is 0 Å². The standard InChI is InChI=1S/C29H50N2O/c1-7-8-26-24-12-15-29(5)23(13-17-31-20-22(19-30-31)21(2)3)9-10-27(29)25(24)11-14-28(26,4)16-18-32-6/h19-21,23-27H,7-18H2,1-6H3/t23-,24?,25?,26?,27?,28?,29?/m1/s1. The van der Waals surface area contributed by atoms with E-state index in [1.807, 2.05) is 7.11 Å². The van der Waals surface area contributed by atoms with Crippen LogP contribution in [0.1, 0.15) is 110 Å². The summed E-state index contributed by atoms with van der Waals surface area (Å²) in [6, 6.07) is 0. The van der Waals surface area contributed by atoms with E-state index in [1.165, 1.54) is 69.8 Å². The van der Waals surface area contributed by atoms with Gasteiger partial charge in [-0.1, -0.05) is 41.0 Å². The largest absolute Gasteiger partial charge is 0.385 e. The first kappa shape index (κ1) is 24.3. The topological polar surface area (TPSA) is 27.1 Å². The highest BCUT2D eigenvalue weighted by Gasteiger charge is 2.57. The predicted octanol–water partition coefficient (Wildman–Crippen LogP) is 7.71. The van der Waals surface area contributed by atoms with Crippen molar-refractivity contribution >= 4 is 0 Å². The molecule has 3 fully saturated rings. The monoisotopic (exact) mass is 442 g/mol. The molecule has 0 aliphatic heterocycles. The van der Waals surface area contributed by atoms with Crippen LogP contribution in [0.4, 0.5) is 0 Å². The quantitative estimate of drug-likeness (QED) is 0.391. The lowest BCUT2D eigenvalue weighted by Crippen LogP contribution is -2.50. The van der Waals surface area contributed by atoms with Crippen LogP contribution in [0.25, 0.3) is 0 Å². The highest BCUT2D eigenvalue weighted by atomic mass is 16.5. The molecule has 0 spiro atoms. The third kappa shape index (κ3) is 4.44. The fourth-order valence-corrected chi connectivity index (χ4v) is 8.62. The van der Waals surface area contributed by atoms with E-state index in [1.54, 1.807) is 0 Å². The van der Waals surface area contributed by atoms with E-state index in [4.69, 9.17) is 4.74 Å². The van der Waals surface area contributed by atoms with Crippen molar-refractivity contribution in [2.75, 3.05) is 13.7 Å². The predicted molar refractivity (Wildman–Crippen MR) is 134 cm³/mol. The van der Waals surface area contributed by atoms with E-state index in [9.17, 15) is 0 Å². The van der Waals surface area contributed by atoms with Crippen LogP contribution in [-0.2, 0) is 11.3 Å². The van der Waals surface area contributed by atoms with Crippen molar-refractivity contribution in [1.29, 1.82) is 0 Å². The van der Waals surface area contributed by atoms with Crippen molar-refractivity contribution in [2.45, 2.75) is 111 Å². The molecule has 6 unspecified atom stereocenters. The van der Waals surface area contributed by atoms with E-state index in [-0.39, 0.29) is 0 Å². The van der Waals surface area contributed by atoms with Gasteiger partial charge in [0.2, 0.25) is 0 Å². The maximum absolute atomic E-state index is 5.54. The number of ether oxygens (including phenoxy) is 1. The molecule has 1 heterocycles. The first-order chi connectivity index (χ1) is 15.3. The lowest BCUT2D eigenvalue weighted by Gasteiger charge is -2.58. The zero-order valence-electron chi connectivity index (χ0n) is 21.9. The SMILES string of the molecule is CCCC1C2CCC3(C)C(CC[C@@H]3CCn3cc(C(C)C)cn3)C2CCC1(C)CCOC. The smallest absolute Gasteiger partial charge is 0.0524 e. The van der Waals surface area contributed by atoms with Crippen molar-refractivity contribution in [3.63, 3.8) is 0 Å². The van der Waals surface area contributed by atoms with Gasteiger partial charge in [-0.3, -0.25) is 4.68 Å². The molecule has 1 aromatic heterocycles. The van der Waals surface area contributed by atoms with E-state index in [0.29, 0.717) is 16.7 Å². The van der Waals surface area contributed by atoms with Gasteiger partial charge in [0.25, 0.3) is 0 Å². The van der Waals surface area contributed by atoms with Crippen LogP contribution in [0.3, 0.4) is 0 Å². The molecule has 1 aromatic rings. The molecule has 4 rings (SSSR count). The molecular formula is C29H50N2O. The van der Waals surface area contributed by atoms with Crippen LogP contribution in [0.15, 0.2) is 12.4 Å². The van der Waals surface area contributed by atoms with Gasteiger partial charge in [0.05, 0.1) is 6.20 Å². The van der Waals surface area contributed by atoms with Crippen LogP contribution in [-0.4, -0.2) is 23.5 Å². The molecule has 3 aliphatic carbocycles. The van der Waals surface area contributed by atoms with E-state index in [2.05, 4.69) is 56.8 Å². The highest BCUT2D eigenvalue weighted by Crippen LogP contribution is 2.66. The van der Waals surface area contributed by atoms with Gasteiger partial charge in [-0.25, -0.2) is 0 Å². The summed E-state index contributed by atoms with van der Waals surface area (Å²) in [4.78, 5) is 0. The van der Waals surface area contributed by atoms with Gasteiger partial charge in [0, 0.05) is 26.5 Å². The molecule has 182 valence electrons. The van der Waals surface area contributed by atoms with Gasteiger partial charge in [-0.15, -0.1) is 0 Å². The number of aromatic nitrogens is 2. The Labute approximate surface area is 198 Å². The molecular weight excluding hydrogens is 392 g/mol. The summed E-state index contributed by atoms with van der Waals surface area (Å²) in [5.41, 5.74) is 2.43. The number of fused-ring (bicyclic) bond motifs is 3. The molecule has 3 aliphatic rings. The summed E-state index contributed by atoms with van der Waals surface area (Å²) in [6.07, 6.45) is 18.4. The Bertz CT molecular complexity index is 741. The molecule has 7 atom stereocenters. The van der Waals surface area contributed by atoms with Crippen LogP contribution < -0.4 is 0 Å². The van der Waals surface area contributed by atoms with E-state index in [0.717, 1.165) is 42.7 Å². The average molecular weight is 443 g/mol. The van der Waals surface area contributed by atoms with Crippen molar-refractivity contribution in [3.8, 4) is 0 Å². The Morgan fingerprint density at radius 3 is 2.56 bits per heavy atom. The molecule has 0 radical (unpaired) electrons. The third-order valence-corrected chi connectivity index (χ3v) is 10.7. The van der Waals surface area contributed by atoms with Crippen molar-refractivity contribution in [2.24, 2.45) is 40.4 Å². The normalized spacial score (nSPS) is 39.3. The van der Waals surface area contributed by atoms with Crippen molar-refractivity contribution in [1.82, 2.24) is 9.78 Å². The minimum absolute atomic E-state index is 0.493. The molecule has 32 heavy (non-hydrogen) atoms. The maximum atomic E-state index is 5.54. The summed E-state index contributed by atoms with van der Waals surface area (Å²) in [5.74, 6) is 5.26. The molecule has 0 bridgehead atoms.